The van der Waals surface area contributed by atoms with Crippen LogP contribution in [0.15, 0.2) is 0 Å². The van der Waals surface area contributed by atoms with Crippen LogP contribution < -0.4 is 0 Å². The highest BCUT2D eigenvalue weighted by Crippen LogP contribution is 2.65. The Kier molecular flexibility index (Phi) is 6.17. The number of carbonyl (C=O) groups is 2. The molecule has 4 aliphatic carbocycles. The summed E-state index contributed by atoms with van der Waals surface area (Å²) in [5.41, 5.74) is -0.700. The lowest BCUT2D eigenvalue weighted by molar-refractivity contribution is -0.140. The predicted octanol–water partition coefficient (Wildman–Crippen LogP) is 3.69. The zero-order chi connectivity index (χ0) is 23.5. The number of amides is 1. The maximum atomic E-state index is 15.5. The largest absolute Gasteiger partial charge is 0.390 e. The Bertz CT molecular complexity index is 779. The van der Waals surface area contributed by atoms with Gasteiger partial charge in [-0.05, 0) is 93.3 Å². The second kappa shape index (κ2) is 8.58. The van der Waals surface area contributed by atoms with Gasteiger partial charge in [0.2, 0.25) is 5.91 Å². The predicted molar refractivity (Wildman–Crippen MR) is 125 cm³/mol. The molecule has 186 valence electrons. The number of fused-ring (bicyclic) bond motifs is 5. The number of aliphatic hydroxyl groups is 1. The van der Waals surface area contributed by atoms with E-state index >= 15 is 4.39 Å². The SMILES string of the molecule is CC(=O)N1CCN(CC(=O)C2CCC3C4CC(F)C5CC(C)(O)CCC5C4CCC23C)CC1. The van der Waals surface area contributed by atoms with Crippen molar-refractivity contribution >= 4 is 11.7 Å². The van der Waals surface area contributed by atoms with E-state index in [0.29, 0.717) is 61.9 Å². The molecule has 0 spiro atoms. The number of carbonyl (C=O) groups excluding carboxylic acids is 2. The van der Waals surface area contributed by atoms with Gasteiger partial charge in [-0.1, -0.05) is 6.92 Å². The van der Waals surface area contributed by atoms with Gasteiger partial charge >= 0.3 is 0 Å². The van der Waals surface area contributed by atoms with Crippen LogP contribution in [-0.4, -0.2) is 71.1 Å². The molecule has 9 atom stereocenters. The summed E-state index contributed by atoms with van der Waals surface area (Å²) in [4.78, 5) is 29.2. The normalized spacial score (nSPS) is 48.0. The van der Waals surface area contributed by atoms with Crippen LogP contribution in [0.1, 0.15) is 72.1 Å². The maximum Gasteiger partial charge on any atom is 0.219 e. The van der Waals surface area contributed by atoms with Crippen molar-refractivity contribution in [2.75, 3.05) is 32.7 Å². The van der Waals surface area contributed by atoms with Crippen molar-refractivity contribution in [3.8, 4) is 0 Å². The molecule has 5 nitrogen and oxygen atoms in total. The molecule has 0 aromatic carbocycles. The van der Waals surface area contributed by atoms with Gasteiger partial charge in [-0.2, -0.15) is 0 Å². The van der Waals surface area contributed by atoms with E-state index in [1.54, 1.807) is 6.92 Å². The van der Waals surface area contributed by atoms with Crippen LogP contribution in [0.5, 0.6) is 0 Å². The number of ketones is 1. The standard InChI is InChI=1S/C27H43FN2O3/c1-17(31)30-12-10-29(11-13-30)16-25(32)23-5-4-22-20-14-24(28)21-15-26(2,33)8-6-19(21)18(20)7-9-27(22,23)3/h18-24,33H,4-16H2,1-3H3. The molecule has 1 amide bonds. The Morgan fingerprint density at radius 3 is 2.30 bits per heavy atom. The Balaban J connectivity index is 1.25. The minimum atomic E-state index is -0.808. The summed E-state index contributed by atoms with van der Waals surface area (Å²) >= 11 is 0. The van der Waals surface area contributed by atoms with Crippen LogP contribution >= 0.6 is 0 Å². The lowest BCUT2D eigenvalue weighted by Gasteiger charge is -2.57. The third-order valence-electron chi connectivity index (χ3n) is 10.8. The molecule has 1 N–H and O–H groups in total. The van der Waals surface area contributed by atoms with Gasteiger partial charge in [0, 0.05) is 39.0 Å². The second-order valence-corrected chi connectivity index (χ2v) is 12.7. The quantitative estimate of drug-likeness (QED) is 0.695. The highest BCUT2D eigenvalue weighted by Gasteiger charge is 2.60. The van der Waals surface area contributed by atoms with E-state index in [-0.39, 0.29) is 23.2 Å². The smallest absolute Gasteiger partial charge is 0.219 e. The number of alkyl halides is 1. The van der Waals surface area contributed by atoms with Crippen molar-refractivity contribution in [2.45, 2.75) is 83.9 Å². The van der Waals surface area contributed by atoms with Gasteiger partial charge in [-0.3, -0.25) is 14.5 Å². The van der Waals surface area contributed by atoms with E-state index in [9.17, 15) is 14.7 Å². The van der Waals surface area contributed by atoms with Gasteiger partial charge in [-0.15, -0.1) is 0 Å². The zero-order valence-electron chi connectivity index (χ0n) is 20.8. The van der Waals surface area contributed by atoms with Crippen LogP contribution in [0.3, 0.4) is 0 Å². The summed E-state index contributed by atoms with van der Waals surface area (Å²) in [6, 6.07) is 0. The molecule has 0 bridgehead atoms. The first-order valence-electron chi connectivity index (χ1n) is 13.5. The molecule has 33 heavy (non-hydrogen) atoms. The molecule has 6 heteroatoms. The monoisotopic (exact) mass is 462 g/mol. The number of hydrogen-bond acceptors (Lipinski definition) is 4. The first kappa shape index (κ1) is 23.7. The van der Waals surface area contributed by atoms with Crippen LogP contribution in [0.2, 0.25) is 0 Å². The fraction of sp³-hybridized carbons (Fsp3) is 0.926. The van der Waals surface area contributed by atoms with E-state index in [1.165, 1.54) is 0 Å². The summed E-state index contributed by atoms with van der Waals surface area (Å²) in [5, 5.41) is 10.6. The number of piperazine rings is 1. The van der Waals surface area contributed by atoms with Gasteiger partial charge in [0.05, 0.1) is 12.1 Å². The lowest BCUT2D eigenvalue weighted by Crippen LogP contribution is -2.55. The lowest BCUT2D eigenvalue weighted by atomic mass is 9.48. The summed E-state index contributed by atoms with van der Waals surface area (Å²) in [5.74, 6) is 2.45. The summed E-state index contributed by atoms with van der Waals surface area (Å²) in [7, 11) is 0. The molecule has 5 rings (SSSR count). The van der Waals surface area contributed by atoms with Crippen molar-refractivity contribution in [1.82, 2.24) is 9.80 Å². The van der Waals surface area contributed by atoms with Gasteiger partial charge in [0.1, 0.15) is 12.0 Å². The molecule has 9 unspecified atom stereocenters. The average molecular weight is 463 g/mol. The Labute approximate surface area is 198 Å². The number of rotatable bonds is 3. The van der Waals surface area contributed by atoms with Crippen molar-refractivity contribution in [2.24, 2.45) is 40.9 Å². The number of hydrogen-bond donors (Lipinski definition) is 1. The van der Waals surface area contributed by atoms with Crippen LogP contribution in [0, 0.1) is 40.9 Å². The number of Topliss-reactive ketones (excluding diaryl/α,β-unsaturated/α-hetero) is 1. The first-order valence-corrected chi connectivity index (χ1v) is 13.5. The van der Waals surface area contributed by atoms with E-state index in [1.807, 2.05) is 11.8 Å². The molecule has 0 aromatic heterocycles. The van der Waals surface area contributed by atoms with E-state index in [2.05, 4.69) is 11.8 Å². The fourth-order valence-electron chi connectivity index (χ4n) is 9.08. The topological polar surface area (TPSA) is 60.9 Å². The van der Waals surface area contributed by atoms with Gasteiger partial charge < -0.3 is 10.0 Å². The molecule has 1 aliphatic heterocycles. The van der Waals surface area contributed by atoms with Crippen molar-refractivity contribution in [3.05, 3.63) is 0 Å². The summed E-state index contributed by atoms with van der Waals surface area (Å²) in [6.45, 7) is 9.31. The third kappa shape index (κ3) is 4.17. The van der Waals surface area contributed by atoms with Gasteiger partial charge in [-0.25, -0.2) is 4.39 Å². The van der Waals surface area contributed by atoms with Crippen LogP contribution in [0.25, 0.3) is 0 Å². The third-order valence-corrected chi connectivity index (χ3v) is 10.8. The molecule has 5 aliphatic rings. The second-order valence-electron chi connectivity index (χ2n) is 12.7. The number of halogens is 1. The first-order chi connectivity index (χ1) is 15.6. The molecule has 1 saturated heterocycles. The van der Waals surface area contributed by atoms with Crippen LogP contribution in [-0.2, 0) is 9.59 Å². The minimum Gasteiger partial charge on any atom is -0.390 e. The zero-order valence-corrected chi connectivity index (χ0v) is 20.8. The number of nitrogens with zero attached hydrogens (tertiary/aromatic N) is 2. The Morgan fingerprint density at radius 1 is 0.939 bits per heavy atom. The molecule has 4 saturated carbocycles. The van der Waals surface area contributed by atoms with Crippen LogP contribution in [0.4, 0.5) is 4.39 Å². The molecule has 0 aromatic rings. The molecule has 5 fully saturated rings. The van der Waals surface area contributed by atoms with Crippen molar-refractivity contribution in [1.29, 1.82) is 0 Å². The summed E-state index contributed by atoms with van der Waals surface area (Å²) < 4.78 is 15.5. The maximum absolute atomic E-state index is 15.5. The minimum absolute atomic E-state index is 0.00612. The molecule has 1 heterocycles. The van der Waals surface area contributed by atoms with Crippen molar-refractivity contribution < 1.29 is 19.1 Å². The van der Waals surface area contributed by atoms with E-state index in [4.69, 9.17) is 0 Å². The van der Waals surface area contributed by atoms with E-state index in [0.717, 1.165) is 51.6 Å². The highest BCUT2D eigenvalue weighted by molar-refractivity contribution is 5.84. The Morgan fingerprint density at radius 2 is 1.61 bits per heavy atom. The molecular formula is C27H43FN2O3. The molecular weight excluding hydrogens is 419 g/mol. The average Bonchev–Trinajstić information content (AvgIpc) is 3.11. The fourth-order valence-corrected chi connectivity index (χ4v) is 9.08. The Hall–Kier alpha value is -1.01. The molecule has 0 radical (unpaired) electrons. The summed E-state index contributed by atoms with van der Waals surface area (Å²) in [6.07, 6.45) is 6.42. The van der Waals surface area contributed by atoms with Crippen molar-refractivity contribution in [3.63, 3.8) is 0 Å². The van der Waals surface area contributed by atoms with Gasteiger partial charge in [0.25, 0.3) is 0 Å². The highest BCUT2D eigenvalue weighted by atomic mass is 19.1. The van der Waals surface area contributed by atoms with Gasteiger partial charge in [0.15, 0.2) is 0 Å². The van der Waals surface area contributed by atoms with E-state index < -0.39 is 11.8 Å².